The van der Waals surface area contributed by atoms with Crippen LogP contribution >= 0.6 is 23.2 Å². The first-order chi connectivity index (χ1) is 15.3. The molecule has 10 heteroatoms. The van der Waals surface area contributed by atoms with E-state index in [-0.39, 0.29) is 10.6 Å². The fourth-order valence-electron chi connectivity index (χ4n) is 2.73. The van der Waals surface area contributed by atoms with Crippen molar-refractivity contribution in [2.24, 2.45) is 5.10 Å². The summed E-state index contributed by atoms with van der Waals surface area (Å²) in [6.07, 6.45) is 1.41. The Morgan fingerprint density at radius 3 is 2.34 bits per heavy atom. The van der Waals surface area contributed by atoms with Crippen LogP contribution < -0.4 is 14.5 Å². The van der Waals surface area contributed by atoms with Gasteiger partial charge in [0.2, 0.25) is 0 Å². The van der Waals surface area contributed by atoms with Crippen LogP contribution in [0.4, 0.5) is 5.69 Å². The van der Waals surface area contributed by atoms with Gasteiger partial charge in [-0.3, -0.25) is 9.10 Å². The van der Waals surface area contributed by atoms with Gasteiger partial charge in [-0.25, -0.2) is 13.8 Å². The largest absolute Gasteiger partial charge is 0.497 e. The number of hydrazone groups is 1. The number of nitrogens with zero attached hydrogens (tertiary/aromatic N) is 2. The molecule has 0 saturated heterocycles. The predicted octanol–water partition coefficient (Wildman–Crippen LogP) is 4.35. The fourth-order valence-corrected chi connectivity index (χ4v) is 4.47. The van der Waals surface area contributed by atoms with Crippen molar-refractivity contribution in [3.05, 3.63) is 88.4 Å². The van der Waals surface area contributed by atoms with E-state index in [0.717, 1.165) is 4.31 Å². The quantitative estimate of drug-likeness (QED) is 0.374. The third kappa shape index (κ3) is 6.00. The third-order valence-corrected chi connectivity index (χ3v) is 6.58. The number of methoxy groups -OCH3 is 1. The van der Waals surface area contributed by atoms with Gasteiger partial charge in [0.15, 0.2) is 0 Å². The Morgan fingerprint density at radius 1 is 1.03 bits per heavy atom. The summed E-state index contributed by atoms with van der Waals surface area (Å²) in [5.41, 5.74) is 3.30. The van der Waals surface area contributed by atoms with Gasteiger partial charge in [-0.15, -0.1) is 0 Å². The Balaban J connectivity index is 1.84. The summed E-state index contributed by atoms with van der Waals surface area (Å²) in [5.74, 6) is -0.120. The molecule has 0 bridgehead atoms. The number of sulfonamides is 1. The normalized spacial score (nSPS) is 11.3. The number of rotatable bonds is 8. The van der Waals surface area contributed by atoms with E-state index in [1.807, 2.05) is 0 Å². The van der Waals surface area contributed by atoms with Gasteiger partial charge in [-0.2, -0.15) is 5.10 Å². The van der Waals surface area contributed by atoms with Crippen molar-refractivity contribution in [1.29, 1.82) is 0 Å². The number of carbonyl (C=O) groups is 1. The molecule has 0 unspecified atom stereocenters. The van der Waals surface area contributed by atoms with Crippen LogP contribution in [0.1, 0.15) is 5.56 Å². The zero-order valence-corrected chi connectivity index (χ0v) is 19.2. The highest BCUT2D eigenvalue weighted by atomic mass is 35.5. The van der Waals surface area contributed by atoms with Crippen molar-refractivity contribution < 1.29 is 17.9 Å². The number of hydrogen-bond donors (Lipinski definition) is 1. The molecule has 3 rings (SSSR count). The first-order valence-electron chi connectivity index (χ1n) is 9.29. The number of carbonyl (C=O) groups excluding carboxylic acids is 1. The lowest BCUT2D eigenvalue weighted by Gasteiger charge is -2.23. The molecule has 0 aliphatic carbocycles. The van der Waals surface area contributed by atoms with Gasteiger partial charge in [-0.05, 0) is 66.2 Å². The number of ether oxygens (including phenoxy) is 1. The fraction of sp³-hybridized carbons (Fsp3) is 0.0909. The van der Waals surface area contributed by atoms with Gasteiger partial charge in [0, 0.05) is 10.0 Å². The van der Waals surface area contributed by atoms with E-state index in [2.05, 4.69) is 10.5 Å². The number of hydrogen-bond acceptors (Lipinski definition) is 5. The first-order valence-corrected chi connectivity index (χ1v) is 11.5. The van der Waals surface area contributed by atoms with Gasteiger partial charge in [0.25, 0.3) is 15.9 Å². The third-order valence-electron chi connectivity index (χ3n) is 4.30. The predicted molar refractivity (Wildman–Crippen MR) is 126 cm³/mol. The van der Waals surface area contributed by atoms with Crippen LogP contribution in [-0.4, -0.2) is 34.2 Å². The van der Waals surface area contributed by atoms with E-state index in [1.54, 1.807) is 36.4 Å². The molecule has 0 fully saturated rings. The smallest absolute Gasteiger partial charge is 0.264 e. The van der Waals surface area contributed by atoms with Crippen molar-refractivity contribution in [3.8, 4) is 5.75 Å². The highest BCUT2D eigenvalue weighted by molar-refractivity contribution is 7.92. The summed E-state index contributed by atoms with van der Waals surface area (Å²) in [7, 11) is -2.58. The van der Waals surface area contributed by atoms with Gasteiger partial charge in [0.05, 0.1) is 23.9 Å². The van der Waals surface area contributed by atoms with E-state index in [4.69, 9.17) is 27.9 Å². The minimum atomic E-state index is -4.07. The number of halogens is 2. The molecular formula is C22H19Cl2N3O4S. The Hall–Kier alpha value is -3.07. The zero-order valence-electron chi connectivity index (χ0n) is 16.9. The minimum Gasteiger partial charge on any atom is -0.497 e. The summed E-state index contributed by atoms with van der Waals surface area (Å²) < 4.78 is 32.7. The Labute approximate surface area is 196 Å². The summed E-state index contributed by atoms with van der Waals surface area (Å²) in [5, 5.41) is 4.84. The Morgan fingerprint density at radius 2 is 1.72 bits per heavy atom. The molecule has 3 aromatic carbocycles. The summed E-state index contributed by atoms with van der Waals surface area (Å²) >= 11 is 11.9. The van der Waals surface area contributed by atoms with E-state index in [9.17, 15) is 13.2 Å². The number of anilines is 1. The van der Waals surface area contributed by atoms with E-state index in [1.165, 1.54) is 49.7 Å². The van der Waals surface area contributed by atoms with Crippen LogP contribution in [0, 0.1) is 0 Å². The molecule has 0 heterocycles. The molecule has 0 radical (unpaired) electrons. The van der Waals surface area contributed by atoms with E-state index >= 15 is 0 Å². The van der Waals surface area contributed by atoms with Gasteiger partial charge in [-0.1, -0.05) is 35.3 Å². The summed E-state index contributed by atoms with van der Waals surface area (Å²) in [6.45, 7) is -0.497. The molecule has 0 atom stereocenters. The number of amides is 1. The van der Waals surface area contributed by atoms with Gasteiger partial charge >= 0.3 is 0 Å². The second-order valence-electron chi connectivity index (χ2n) is 6.51. The molecule has 0 saturated carbocycles. The topological polar surface area (TPSA) is 88.1 Å². The van der Waals surface area contributed by atoms with Crippen molar-refractivity contribution in [2.45, 2.75) is 4.90 Å². The molecule has 1 amide bonds. The maximum atomic E-state index is 13.3. The first kappa shape index (κ1) is 23.6. The number of benzene rings is 3. The highest BCUT2D eigenvalue weighted by Gasteiger charge is 2.27. The number of nitrogens with one attached hydrogen (secondary N) is 1. The van der Waals surface area contributed by atoms with Gasteiger partial charge in [0.1, 0.15) is 12.3 Å². The van der Waals surface area contributed by atoms with Crippen LogP contribution in [0.2, 0.25) is 10.0 Å². The second-order valence-corrected chi connectivity index (χ2v) is 9.25. The SMILES string of the molecule is COc1ccc(S(=O)(=O)N(CC(=O)N/N=C\c2cccc(Cl)c2)c2ccc(Cl)cc2)cc1. The lowest BCUT2D eigenvalue weighted by Crippen LogP contribution is -2.39. The molecule has 1 N–H and O–H groups in total. The van der Waals surface area contributed by atoms with Crippen LogP contribution in [0.25, 0.3) is 0 Å². The molecule has 3 aromatic rings. The Kier molecular flexibility index (Phi) is 7.74. The van der Waals surface area contributed by atoms with Crippen molar-refractivity contribution >= 4 is 51.0 Å². The average Bonchev–Trinajstić information content (AvgIpc) is 2.78. The van der Waals surface area contributed by atoms with Crippen LogP contribution in [-0.2, 0) is 14.8 Å². The van der Waals surface area contributed by atoms with Crippen molar-refractivity contribution in [1.82, 2.24) is 5.43 Å². The van der Waals surface area contributed by atoms with Crippen LogP contribution in [0.15, 0.2) is 82.8 Å². The van der Waals surface area contributed by atoms with E-state index < -0.39 is 22.5 Å². The van der Waals surface area contributed by atoms with Gasteiger partial charge < -0.3 is 4.74 Å². The van der Waals surface area contributed by atoms with E-state index in [0.29, 0.717) is 21.4 Å². The molecule has 0 spiro atoms. The summed E-state index contributed by atoms with van der Waals surface area (Å²) in [6, 6.07) is 18.9. The molecule has 166 valence electrons. The lowest BCUT2D eigenvalue weighted by atomic mass is 10.2. The minimum absolute atomic E-state index is 0.00322. The standard InChI is InChI=1S/C22H19Cl2N3O4S/c1-31-20-9-11-21(12-10-20)32(29,30)27(19-7-5-17(23)6-8-19)15-22(28)26-25-14-16-3-2-4-18(24)13-16/h2-14H,15H2,1H3,(H,26,28)/b25-14-. The van der Waals surface area contributed by atoms with Crippen molar-refractivity contribution in [2.75, 3.05) is 18.0 Å². The molecule has 0 aliphatic heterocycles. The molecule has 32 heavy (non-hydrogen) atoms. The zero-order chi connectivity index (χ0) is 23.1. The lowest BCUT2D eigenvalue weighted by molar-refractivity contribution is -0.119. The molecular weight excluding hydrogens is 473 g/mol. The van der Waals surface area contributed by atoms with Crippen LogP contribution in [0.5, 0.6) is 5.75 Å². The average molecular weight is 492 g/mol. The molecule has 7 nitrogen and oxygen atoms in total. The maximum absolute atomic E-state index is 13.3. The molecule has 0 aliphatic rings. The van der Waals surface area contributed by atoms with Crippen LogP contribution in [0.3, 0.4) is 0 Å². The molecule has 0 aromatic heterocycles. The maximum Gasteiger partial charge on any atom is 0.264 e. The Bertz CT molecular complexity index is 1210. The summed E-state index contributed by atoms with van der Waals surface area (Å²) in [4.78, 5) is 12.5. The second kappa shape index (κ2) is 10.5. The highest BCUT2D eigenvalue weighted by Crippen LogP contribution is 2.26. The van der Waals surface area contributed by atoms with Crippen molar-refractivity contribution in [3.63, 3.8) is 0 Å². The monoisotopic (exact) mass is 491 g/mol.